The van der Waals surface area contributed by atoms with E-state index < -0.39 is 0 Å². The SMILES string of the molecule is CCNC(=NCc1ccccc1N1CCOCC1)NCC1CC1. The van der Waals surface area contributed by atoms with Gasteiger partial charge in [0, 0.05) is 31.9 Å². The van der Waals surface area contributed by atoms with Gasteiger partial charge in [-0.05, 0) is 37.3 Å². The molecule has 5 heteroatoms. The molecule has 0 spiro atoms. The third-order valence-electron chi connectivity index (χ3n) is 4.35. The van der Waals surface area contributed by atoms with Crippen LogP contribution in [0.25, 0.3) is 0 Å². The van der Waals surface area contributed by atoms with E-state index in [2.05, 4.69) is 46.7 Å². The first-order valence-electron chi connectivity index (χ1n) is 8.79. The summed E-state index contributed by atoms with van der Waals surface area (Å²) in [5.41, 5.74) is 2.57. The fourth-order valence-corrected chi connectivity index (χ4v) is 2.83. The van der Waals surface area contributed by atoms with Gasteiger partial charge in [-0.25, -0.2) is 4.99 Å². The van der Waals surface area contributed by atoms with Crippen LogP contribution in [0.5, 0.6) is 0 Å². The van der Waals surface area contributed by atoms with Crippen LogP contribution in [0.2, 0.25) is 0 Å². The number of para-hydroxylation sites is 1. The quantitative estimate of drug-likeness (QED) is 0.622. The van der Waals surface area contributed by atoms with Crippen molar-refractivity contribution in [2.45, 2.75) is 26.3 Å². The number of anilines is 1. The average molecular weight is 316 g/mol. The Kier molecular flexibility index (Phi) is 5.75. The van der Waals surface area contributed by atoms with Crippen LogP contribution in [0.15, 0.2) is 29.3 Å². The molecule has 1 aromatic rings. The Hall–Kier alpha value is -1.75. The Balaban J connectivity index is 1.65. The smallest absolute Gasteiger partial charge is 0.191 e. The van der Waals surface area contributed by atoms with Gasteiger partial charge < -0.3 is 20.3 Å². The average Bonchev–Trinajstić information content (AvgIpc) is 3.43. The van der Waals surface area contributed by atoms with E-state index in [-0.39, 0.29) is 0 Å². The van der Waals surface area contributed by atoms with Crippen molar-refractivity contribution in [2.75, 3.05) is 44.3 Å². The van der Waals surface area contributed by atoms with E-state index in [9.17, 15) is 0 Å². The third kappa shape index (κ3) is 4.86. The maximum atomic E-state index is 5.46. The first-order chi connectivity index (χ1) is 11.4. The molecule has 2 N–H and O–H groups in total. The Morgan fingerprint density at radius 2 is 2.00 bits per heavy atom. The number of ether oxygens (including phenoxy) is 1. The molecule has 0 bridgehead atoms. The number of hydrogen-bond acceptors (Lipinski definition) is 3. The molecule has 2 fully saturated rings. The van der Waals surface area contributed by atoms with Crippen LogP contribution < -0.4 is 15.5 Å². The second kappa shape index (κ2) is 8.20. The van der Waals surface area contributed by atoms with Crippen molar-refractivity contribution < 1.29 is 4.74 Å². The van der Waals surface area contributed by atoms with Crippen molar-refractivity contribution >= 4 is 11.6 Å². The molecule has 0 unspecified atom stereocenters. The number of nitrogens with one attached hydrogen (secondary N) is 2. The minimum absolute atomic E-state index is 0.702. The molecule has 0 radical (unpaired) electrons. The second-order valence-corrected chi connectivity index (χ2v) is 6.25. The molecule has 126 valence electrons. The monoisotopic (exact) mass is 316 g/mol. The van der Waals surface area contributed by atoms with Crippen LogP contribution in [0, 0.1) is 5.92 Å². The first-order valence-corrected chi connectivity index (χ1v) is 8.79. The summed E-state index contributed by atoms with van der Waals surface area (Å²) in [6, 6.07) is 8.58. The molecule has 0 amide bonds. The zero-order chi connectivity index (χ0) is 15.9. The summed E-state index contributed by atoms with van der Waals surface area (Å²) in [4.78, 5) is 7.18. The molecular weight excluding hydrogens is 288 g/mol. The lowest BCUT2D eigenvalue weighted by Gasteiger charge is -2.30. The summed E-state index contributed by atoms with van der Waals surface area (Å²) in [5.74, 6) is 1.77. The first kappa shape index (κ1) is 16.1. The Labute approximate surface area is 139 Å². The highest BCUT2D eigenvalue weighted by Gasteiger charge is 2.21. The number of morpholine rings is 1. The van der Waals surface area contributed by atoms with Crippen molar-refractivity contribution in [3.8, 4) is 0 Å². The Morgan fingerprint density at radius 3 is 2.74 bits per heavy atom. The van der Waals surface area contributed by atoms with Gasteiger partial charge in [0.2, 0.25) is 0 Å². The molecule has 1 saturated carbocycles. The second-order valence-electron chi connectivity index (χ2n) is 6.25. The highest BCUT2D eigenvalue weighted by molar-refractivity contribution is 5.79. The van der Waals surface area contributed by atoms with Crippen LogP contribution >= 0.6 is 0 Å². The topological polar surface area (TPSA) is 48.9 Å². The maximum absolute atomic E-state index is 5.46. The molecule has 5 nitrogen and oxygen atoms in total. The normalized spacial score (nSPS) is 18.8. The fourth-order valence-electron chi connectivity index (χ4n) is 2.83. The van der Waals surface area contributed by atoms with Gasteiger partial charge in [0.15, 0.2) is 5.96 Å². The number of nitrogens with zero attached hydrogens (tertiary/aromatic N) is 2. The van der Waals surface area contributed by atoms with Gasteiger partial charge in [-0.3, -0.25) is 0 Å². The highest BCUT2D eigenvalue weighted by Crippen LogP contribution is 2.27. The van der Waals surface area contributed by atoms with E-state index in [0.717, 1.165) is 51.3 Å². The minimum atomic E-state index is 0.702. The lowest BCUT2D eigenvalue weighted by Crippen LogP contribution is -2.38. The van der Waals surface area contributed by atoms with Crippen molar-refractivity contribution in [1.29, 1.82) is 0 Å². The predicted octanol–water partition coefficient (Wildman–Crippen LogP) is 1.99. The largest absolute Gasteiger partial charge is 0.378 e. The predicted molar refractivity (Wildman–Crippen MR) is 95.0 cm³/mol. The maximum Gasteiger partial charge on any atom is 0.191 e. The van der Waals surface area contributed by atoms with Crippen LogP contribution in [0.1, 0.15) is 25.3 Å². The number of hydrogen-bond donors (Lipinski definition) is 2. The van der Waals surface area contributed by atoms with Gasteiger partial charge in [-0.1, -0.05) is 18.2 Å². The summed E-state index contributed by atoms with van der Waals surface area (Å²) < 4.78 is 5.46. The number of guanidine groups is 1. The molecule has 0 atom stereocenters. The summed E-state index contributed by atoms with van der Waals surface area (Å²) >= 11 is 0. The summed E-state index contributed by atoms with van der Waals surface area (Å²) in [6.45, 7) is 8.27. The van der Waals surface area contributed by atoms with Gasteiger partial charge in [-0.2, -0.15) is 0 Å². The van der Waals surface area contributed by atoms with Gasteiger partial charge in [0.25, 0.3) is 0 Å². The van der Waals surface area contributed by atoms with E-state index in [4.69, 9.17) is 9.73 Å². The molecule has 23 heavy (non-hydrogen) atoms. The van der Waals surface area contributed by atoms with Crippen LogP contribution in [0.3, 0.4) is 0 Å². The highest BCUT2D eigenvalue weighted by atomic mass is 16.5. The standard InChI is InChI=1S/C18H28N4O/c1-2-19-18(20-13-15-7-8-15)21-14-16-5-3-4-6-17(16)22-9-11-23-12-10-22/h3-6,15H,2,7-14H2,1H3,(H2,19,20,21). The van der Waals surface area contributed by atoms with Crippen molar-refractivity contribution in [3.05, 3.63) is 29.8 Å². The zero-order valence-electron chi connectivity index (χ0n) is 14.1. The van der Waals surface area contributed by atoms with Crippen molar-refractivity contribution in [1.82, 2.24) is 10.6 Å². The molecule has 0 aromatic heterocycles. The zero-order valence-corrected chi connectivity index (χ0v) is 14.1. The molecule has 1 heterocycles. The van der Waals surface area contributed by atoms with Gasteiger partial charge in [0.05, 0.1) is 19.8 Å². The third-order valence-corrected chi connectivity index (χ3v) is 4.35. The lowest BCUT2D eigenvalue weighted by atomic mass is 10.1. The van der Waals surface area contributed by atoms with Crippen molar-refractivity contribution in [2.24, 2.45) is 10.9 Å². The molecule has 1 saturated heterocycles. The summed E-state index contributed by atoms with van der Waals surface area (Å²) in [7, 11) is 0. The van der Waals surface area contributed by atoms with Crippen LogP contribution in [-0.4, -0.2) is 45.4 Å². The van der Waals surface area contributed by atoms with E-state index in [0.29, 0.717) is 6.54 Å². The molecule has 3 rings (SSSR count). The molecule has 1 aliphatic carbocycles. The Morgan fingerprint density at radius 1 is 1.22 bits per heavy atom. The molecule has 1 aliphatic heterocycles. The fraction of sp³-hybridized carbons (Fsp3) is 0.611. The molecule has 2 aliphatic rings. The van der Waals surface area contributed by atoms with Crippen LogP contribution in [0.4, 0.5) is 5.69 Å². The van der Waals surface area contributed by atoms with E-state index in [1.165, 1.54) is 24.1 Å². The Bertz CT molecular complexity index is 522. The van der Waals surface area contributed by atoms with E-state index >= 15 is 0 Å². The van der Waals surface area contributed by atoms with Crippen molar-refractivity contribution in [3.63, 3.8) is 0 Å². The van der Waals surface area contributed by atoms with E-state index in [1.54, 1.807) is 0 Å². The lowest BCUT2D eigenvalue weighted by molar-refractivity contribution is 0.122. The number of aliphatic imine (C=N–C) groups is 1. The van der Waals surface area contributed by atoms with Gasteiger partial charge in [-0.15, -0.1) is 0 Å². The van der Waals surface area contributed by atoms with Gasteiger partial charge in [0.1, 0.15) is 0 Å². The summed E-state index contributed by atoms with van der Waals surface area (Å²) in [6.07, 6.45) is 2.71. The van der Waals surface area contributed by atoms with E-state index in [1.807, 2.05) is 0 Å². The minimum Gasteiger partial charge on any atom is -0.378 e. The van der Waals surface area contributed by atoms with Gasteiger partial charge >= 0.3 is 0 Å². The van der Waals surface area contributed by atoms with Crippen LogP contribution in [-0.2, 0) is 11.3 Å². The molecule has 1 aromatic carbocycles. The molecular formula is C18H28N4O. The number of rotatable bonds is 6. The number of benzene rings is 1. The summed E-state index contributed by atoms with van der Waals surface area (Å²) in [5, 5.41) is 6.80.